The van der Waals surface area contributed by atoms with Crippen molar-refractivity contribution >= 4 is 29.1 Å². The molecule has 2 aromatic rings. The van der Waals surface area contributed by atoms with E-state index in [4.69, 9.17) is 16.3 Å². The predicted octanol–water partition coefficient (Wildman–Crippen LogP) is 2.94. The van der Waals surface area contributed by atoms with Crippen molar-refractivity contribution in [2.24, 2.45) is 0 Å². The molecule has 0 unspecified atom stereocenters. The Hall–Kier alpha value is -2.53. The van der Waals surface area contributed by atoms with Crippen LogP contribution in [0.15, 0.2) is 48.5 Å². The minimum atomic E-state index is -0.701. The van der Waals surface area contributed by atoms with E-state index < -0.39 is 6.04 Å². The molecule has 1 aliphatic heterocycles. The third-order valence-corrected chi connectivity index (χ3v) is 4.01. The fourth-order valence-corrected chi connectivity index (χ4v) is 2.94. The number of hydrogen-bond acceptors (Lipinski definition) is 3. The molecule has 0 radical (unpaired) electrons. The summed E-state index contributed by atoms with van der Waals surface area (Å²) in [5.74, 6) is 0.305. The molecule has 0 spiro atoms. The maximum absolute atomic E-state index is 12.7. The summed E-state index contributed by atoms with van der Waals surface area (Å²) in [4.78, 5) is 25.7. The first-order valence-electron chi connectivity index (χ1n) is 7.62. The molecular weight excluding hydrogens is 328 g/mol. The summed E-state index contributed by atoms with van der Waals surface area (Å²) in [6.07, 6.45) is 0. The van der Waals surface area contributed by atoms with Crippen LogP contribution in [0, 0.1) is 0 Å². The summed E-state index contributed by atoms with van der Waals surface area (Å²) in [7, 11) is 0. The summed E-state index contributed by atoms with van der Waals surface area (Å²) >= 11 is 6.04. The lowest BCUT2D eigenvalue weighted by Crippen LogP contribution is -2.38. The number of anilines is 1. The van der Waals surface area contributed by atoms with Crippen LogP contribution in [-0.2, 0) is 9.59 Å². The number of hydrogen-bond donors (Lipinski definition) is 1. The summed E-state index contributed by atoms with van der Waals surface area (Å²) < 4.78 is 5.66. The predicted molar refractivity (Wildman–Crippen MR) is 92.3 cm³/mol. The van der Waals surface area contributed by atoms with Crippen LogP contribution >= 0.6 is 11.6 Å². The largest absolute Gasteiger partial charge is 0.492 e. The van der Waals surface area contributed by atoms with Crippen molar-refractivity contribution in [1.82, 2.24) is 5.32 Å². The molecule has 6 heteroatoms. The molecule has 124 valence electrons. The van der Waals surface area contributed by atoms with E-state index in [0.29, 0.717) is 23.7 Å². The number of fused-ring (bicyclic) bond motifs is 1. The molecule has 3 rings (SSSR count). The van der Waals surface area contributed by atoms with Gasteiger partial charge >= 0.3 is 0 Å². The molecule has 5 nitrogen and oxygen atoms in total. The summed E-state index contributed by atoms with van der Waals surface area (Å²) in [5, 5.41) is 3.21. The van der Waals surface area contributed by atoms with Crippen molar-refractivity contribution in [3.8, 4) is 5.75 Å². The molecule has 1 N–H and O–H groups in total. The number of para-hydroxylation sites is 1. The van der Waals surface area contributed by atoms with Gasteiger partial charge in [-0.25, -0.2) is 0 Å². The number of ether oxygens (including phenoxy) is 1. The Morgan fingerprint density at radius 1 is 1.25 bits per heavy atom. The number of carbonyl (C=O) groups is 2. The Morgan fingerprint density at radius 2 is 2.00 bits per heavy atom. The van der Waals surface area contributed by atoms with Gasteiger partial charge in [0.05, 0.1) is 6.54 Å². The molecule has 2 amide bonds. The molecule has 0 bridgehead atoms. The second-order valence-electron chi connectivity index (χ2n) is 5.49. The topological polar surface area (TPSA) is 58.6 Å². The monoisotopic (exact) mass is 344 g/mol. The van der Waals surface area contributed by atoms with Gasteiger partial charge < -0.3 is 15.0 Å². The van der Waals surface area contributed by atoms with Crippen molar-refractivity contribution in [3.63, 3.8) is 0 Å². The molecule has 0 saturated carbocycles. The minimum Gasteiger partial charge on any atom is -0.492 e. The number of rotatable bonds is 5. The number of nitrogens with zero attached hydrogens (tertiary/aromatic N) is 1. The number of carbonyl (C=O) groups excluding carboxylic acids is 2. The van der Waals surface area contributed by atoms with E-state index in [-0.39, 0.29) is 11.8 Å². The summed E-state index contributed by atoms with van der Waals surface area (Å²) in [6.45, 7) is 2.13. The number of benzene rings is 2. The van der Waals surface area contributed by atoms with Crippen LogP contribution in [0.4, 0.5) is 5.69 Å². The smallest absolute Gasteiger partial charge is 0.254 e. The fraction of sp³-hybridized carbons (Fsp3) is 0.222. The Labute approximate surface area is 145 Å². The van der Waals surface area contributed by atoms with Gasteiger partial charge in [-0.15, -0.1) is 0 Å². The Kier molecular flexibility index (Phi) is 4.71. The van der Waals surface area contributed by atoms with E-state index >= 15 is 0 Å². The van der Waals surface area contributed by atoms with E-state index in [1.807, 2.05) is 30.3 Å². The zero-order valence-electron chi connectivity index (χ0n) is 13.2. The number of amides is 2. The van der Waals surface area contributed by atoms with Crippen LogP contribution in [0.1, 0.15) is 18.5 Å². The lowest BCUT2D eigenvalue weighted by molar-refractivity contribution is -0.126. The molecule has 1 aliphatic rings. The van der Waals surface area contributed by atoms with Crippen LogP contribution < -0.4 is 15.0 Å². The van der Waals surface area contributed by atoms with Gasteiger partial charge in [0.15, 0.2) is 0 Å². The summed E-state index contributed by atoms with van der Waals surface area (Å²) in [6, 6.07) is 13.9. The van der Waals surface area contributed by atoms with Gasteiger partial charge in [0.25, 0.3) is 5.91 Å². The molecule has 1 heterocycles. The van der Waals surface area contributed by atoms with Gasteiger partial charge in [-0.05, 0) is 30.3 Å². The van der Waals surface area contributed by atoms with Gasteiger partial charge in [-0.3, -0.25) is 9.59 Å². The van der Waals surface area contributed by atoms with Gasteiger partial charge in [0, 0.05) is 23.2 Å². The van der Waals surface area contributed by atoms with Crippen LogP contribution in [0.25, 0.3) is 0 Å². The first-order valence-corrected chi connectivity index (χ1v) is 8.00. The Balaban J connectivity index is 1.76. The maximum Gasteiger partial charge on any atom is 0.254 e. The molecule has 0 saturated heterocycles. The second kappa shape index (κ2) is 6.93. The van der Waals surface area contributed by atoms with Crippen LogP contribution in [0.2, 0.25) is 5.02 Å². The Morgan fingerprint density at radius 3 is 2.71 bits per heavy atom. The standard InChI is InChI=1S/C18H17ClN2O3/c1-12(22)20-17-15-11-13(19)7-8-16(15)21(18(17)23)9-10-24-14-5-3-2-4-6-14/h2-8,11,17H,9-10H2,1H3,(H,20,22)/t17-/m1/s1. The first kappa shape index (κ1) is 16.3. The van der Waals surface area contributed by atoms with Crippen molar-refractivity contribution < 1.29 is 14.3 Å². The number of nitrogens with one attached hydrogen (secondary N) is 1. The number of halogens is 1. The second-order valence-corrected chi connectivity index (χ2v) is 5.92. The molecule has 1 atom stereocenters. The summed E-state index contributed by atoms with van der Waals surface area (Å²) in [5.41, 5.74) is 1.46. The van der Waals surface area contributed by atoms with Gasteiger partial charge in [0.2, 0.25) is 5.91 Å². The van der Waals surface area contributed by atoms with Crippen molar-refractivity contribution in [3.05, 3.63) is 59.1 Å². The van der Waals surface area contributed by atoms with E-state index in [1.165, 1.54) is 6.92 Å². The van der Waals surface area contributed by atoms with E-state index in [9.17, 15) is 9.59 Å². The normalized spacial score (nSPS) is 16.0. The Bertz CT molecular complexity index is 764. The van der Waals surface area contributed by atoms with Crippen molar-refractivity contribution in [2.75, 3.05) is 18.1 Å². The van der Waals surface area contributed by atoms with Gasteiger partial charge in [-0.2, -0.15) is 0 Å². The molecule has 2 aromatic carbocycles. The fourth-order valence-electron chi connectivity index (χ4n) is 2.75. The average Bonchev–Trinajstić information content (AvgIpc) is 2.80. The van der Waals surface area contributed by atoms with Gasteiger partial charge in [0.1, 0.15) is 18.4 Å². The van der Waals surface area contributed by atoms with Crippen LogP contribution in [0.3, 0.4) is 0 Å². The molecule has 0 fully saturated rings. The van der Waals surface area contributed by atoms with E-state index in [1.54, 1.807) is 23.1 Å². The van der Waals surface area contributed by atoms with Crippen molar-refractivity contribution in [2.45, 2.75) is 13.0 Å². The molecular formula is C18H17ClN2O3. The first-order chi connectivity index (χ1) is 11.6. The third kappa shape index (κ3) is 3.36. The zero-order valence-corrected chi connectivity index (χ0v) is 13.9. The maximum atomic E-state index is 12.7. The molecule has 0 aromatic heterocycles. The minimum absolute atomic E-state index is 0.181. The average molecular weight is 345 g/mol. The lowest BCUT2D eigenvalue weighted by atomic mass is 10.1. The molecule has 24 heavy (non-hydrogen) atoms. The highest BCUT2D eigenvalue weighted by Gasteiger charge is 2.37. The third-order valence-electron chi connectivity index (χ3n) is 3.78. The van der Waals surface area contributed by atoms with E-state index in [0.717, 1.165) is 11.4 Å². The molecule has 0 aliphatic carbocycles. The SMILES string of the molecule is CC(=O)N[C@H]1C(=O)N(CCOc2ccccc2)c2ccc(Cl)cc21. The van der Waals surface area contributed by atoms with Crippen LogP contribution in [0.5, 0.6) is 5.75 Å². The zero-order chi connectivity index (χ0) is 17.1. The van der Waals surface area contributed by atoms with E-state index in [2.05, 4.69) is 5.32 Å². The highest BCUT2D eigenvalue weighted by atomic mass is 35.5. The highest BCUT2D eigenvalue weighted by molar-refractivity contribution is 6.31. The lowest BCUT2D eigenvalue weighted by Gasteiger charge is -2.18. The van der Waals surface area contributed by atoms with Crippen molar-refractivity contribution in [1.29, 1.82) is 0 Å². The highest BCUT2D eigenvalue weighted by Crippen LogP contribution is 2.37. The quantitative estimate of drug-likeness (QED) is 0.907. The van der Waals surface area contributed by atoms with Crippen LogP contribution in [-0.4, -0.2) is 25.0 Å². The van der Waals surface area contributed by atoms with Gasteiger partial charge in [-0.1, -0.05) is 29.8 Å².